The van der Waals surface area contributed by atoms with Crippen LogP contribution in [0.4, 0.5) is 0 Å². The van der Waals surface area contributed by atoms with E-state index in [1.807, 2.05) is 19.1 Å². The van der Waals surface area contributed by atoms with Crippen LogP contribution in [0.5, 0.6) is 0 Å². The van der Waals surface area contributed by atoms with Crippen LogP contribution >= 0.6 is 22.9 Å². The molecule has 0 saturated heterocycles. The smallest absolute Gasteiger partial charge is 0.187 e. The standard InChI is InChI=1S/C12H11ClN2OS/c1-7-11(8(2)16)17-12(14)15(7)10-5-3-9(13)4-6-10/h3-6,14H,1-2H3. The highest BCUT2D eigenvalue weighted by molar-refractivity contribution is 7.11. The van der Waals surface area contributed by atoms with Gasteiger partial charge in [0.05, 0.1) is 4.88 Å². The average Bonchev–Trinajstić information content (AvgIpc) is 2.56. The Morgan fingerprint density at radius 3 is 2.41 bits per heavy atom. The number of carbonyl (C=O) groups is 1. The molecule has 2 aromatic rings. The van der Waals surface area contributed by atoms with Crippen LogP contribution in [-0.4, -0.2) is 10.4 Å². The zero-order valence-electron chi connectivity index (χ0n) is 9.45. The Labute approximate surface area is 108 Å². The summed E-state index contributed by atoms with van der Waals surface area (Å²) in [5.74, 6) is -0.00582. The molecule has 1 heterocycles. The van der Waals surface area contributed by atoms with Crippen molar-refractivity contribution in [2.45, 2.75) is 13.8 Å². The first-order chi connectivity index (χ1) is 8.00. The fourth-order valence-corrected chi connectivity index (χ4v) is 2.73. The van der Waals surface area contributed by atoms with Gasteiger partial charge >= 0.3 is 0 Å². The minimum absolute atomic E-state index is 0.00582. The lowest BCUT2D eigenvalue weighted by Gasteiger charge is -2.05. The van der Waals surface area contributed by atoms with Gasteiger partial charge in [0.25, 0.3) is 0 Å². The summed E-state index contributed by atoms with van der Waals surface area (Å²) in [6, 6.07) is 7.22. The Morgan fingerprint density at radius 1 is 1.35 bits per heavy atom. The summed E-state index contributed by atoms with van der Waals surface area (Å²) >= 11 is 7.02. The molecule has 0 spiro atoms. The zero-order valence-corrected chi connectivity index (χ0v) is 11.0. The van der Waals surface area contributed by atoms with E-state index >= 15 is 0 Å². The largest absolute Gasteiger partial charge is 0.294 e. The second kappa shape index (κ2) is 4.47. The van der Waals surface area contributed by atoms with E-state index in [-0.39, 0.29) is 5.78 Å². The third kappa shape index (κ3) is 2.18. The molecule has 1 N–H and O–H groups in total. The summed E-state index contributed by atoms with van der Waals surface area (Å²) in [6.45, 7) is 3.37. The Bertz CT molecular complexity index is 625. The van der Waals surface area contributed by atoms with Crippen molar-refractivity contribution in [3.8, 4) is 5.69 Å². The van der Waals surface area contributed by atoms with Crippen molar-refractivity contribution >= 4 is 28.7 Å². The molecule has 0 aliphatic carbocycles. The summed E-state index contributed by atoms with van der Waals surface area (Å²) in [5, 5.41) is 8.57. The first-order valence-electron chi connectivity index (χ1n) is 5.04. The van der Waals surface area contributed by atoms with Gasteiger partial charge in [-0.1, -0.05) is 22.9 Å². The third-order valence-electron chi connectivity index (χ3n) is 2.47. The quantitative estimate of drug-likeness (QED) is 0.834. The number of Topliss-reactive ketones (excluding diaryl/α,β-unsaturated/α-hetero) is 1. The molecular weight excluding hydrogens is 256 g/mol. The molecule has 0 radical (unpaired) electrons. The predicted molar refractivity (Wildman–Crippen MR) is 69.3 cm³/mol. The number of carbonyl (C=O) groups excluding carboxylic acids is 1. The predicted octanol–water partition coefficient (Wildman–Crippen LogP) is 3.18. The molecule has 0 unspecified atom stereocenters. The summed E-state index contributed by atoms with van der Waals surface area (Å²) in [6.07, 6.45) is 0. The number of halogens is 1. The van der Waals surface area contributed by atoms with Gasteiger partial charge in [-0.3, -0.25) is 14.8 Å². The van der Waals surface area contributed by atoms with Gasteiger partial charge in [-0.05, 0) is 31.2 Å². The SMILES string of the molecule is CC(=O)c1sc(=N)n(-c2ccc(Cl)cc2)c1C. The highest BCUT2D eigenvalue weighted by atomic mass is 35.5. The molecule has 0 fully saturated rings. The summed E-state index contributed by atoms with van der Waals surface area (Å²) < 4.78 is 1.75. The average molecular weight is 267 g/mol. The number of rotatable bonds is 2. The van der Waals surface area contributed by atoms with Gasteiger partial charge in [0.1, 0.15) is 0 Å². The molecule has 0 saturated carbocycles. The van der Waals surface area contributed by atoms with Crippen molar-refractivity contribution < 1.29 is 4.79 Å². The van der Waals surface area contributed by atoms with Crippen molar-refractivity contribution in [1.29, 1.82) is 5.41 Å². The number of hydrogen-bond donors (Lipinski definition) is 1. The lowest BCUT2D eigenvalue weighted by molar-refractivity contribution is 0.102. The number of hydrogen-bond acceptors (Lipinski definition) is 3. The molecule has 2 rings (SSSR count). The summed E-state index contributed by atoms with van der Waals surface area (Å²) in [5.41, 5.74) is 1.65. The Morgan fingerprint density at radius 2 is 1.94 bits per heavy atom. The minimum atomic E-state index is -0.00582. The van der Waals surface area contributed by atoms with E-state index in [0.717, 1.165) is 11.4 Å². The van der Waals surface area contributed by atoms with Crippen LogP contribution in [0.1, 0.15) is 22.3 Å². The van der Waals surface area contributed by atoms with E-state index in [1.54, 1.807) is 16.7 Å². The van der Waals surface area contributed by atoms with Crippen molar-refractivity contribution in [2.24, 2.45) is 0 Å². The number of thiazole rings is 1. The van der Waals surface area contributed by atoms with E-state index in [2.05, 4.69) is 0 Å². The molecule has 0 aliphatic heterocycles. The van der Waals surface area contributed by atoms with Crippen molar-refractivity contribution in [3.05, 3.63) is 44.7 Å². The Balaban J connectivity index is 2.64. The monoisotopic (exact) mass is 266 g/mol. The molecule has 88 valence electrons. The van der Waals surface area contributed by atoms with Gasteiger partial charge in [-0.25, -0.2) is 0 Å². The number of ketones is 1. The lowest BCUT2D eigenvalue weighted by Crippen LogP contribution is -2.12. The van der Waals surface area contributed by atoms with Crippen molar-refractivity contribution in [3.63, 3.8) is 0 Å². The van der Waals surface area contributed by atoms with Crippen LogP contribution in [0.3, 0.4) is 0 Å². The summed E-state index contributed by atoms with van der Waals surface area (Å²) in [4.78, 5) is 12.4. The van der Waals surface area contributed by atoms with E-state index in [9.17, 15) is 4.79 Å². The maximum absolute atomic E-state index is 11.4. The van der Waals surface area contributed by atoms with Crippen LogP contribution < -0.4 is 4.80 Å². The van der Waals surface area contributed by atoms with E-state index in [0.29, 0.717) is 14.7 Å². The van der Waals surface area contributed by atoms with Gasteiger partial charge in [-0.2, -0.15) is 0 Å². The molecule has 1 aromatic heterocycles. The molecule has 0 atom stereocenters. The number of nitrogens with one attached hydrogen (secondary N) is 1. The fourth-order valence-electron chi connectivity index (χ4n) is 1.70. The highest BCUT2D eigenvalue weighted by Gasteiger charge is 2.13. The molecule has 0 bridgehead atoms. The normalized spacial score (nSPS) is 10.5. The minimum Gasteiger partial charge on any atom is -0.294 e. The number of nitrogens with zero attached hydrogens (tertiary/aromatic N) is 1. The Kier molecular flexibility index (Phi) is 3.17. The van der Waals surface area contributed by atoms with E-state index in [1.165, 1.54) is 18.3 Å². The van der Waals surface area contributed by atoms with Gasteiger partial charge < -0.3 is 0 Å². The molecule has 17 heavy (non-hydrogen) atoms. The third-order valence-corrected chi connectivity index (χ3v) is 3.89. The van der Waals surface area contributed by atoms with Gasteiger partial charge in [0.2, 0.25) is 0 Å². The molecular formula is C12H11ClN2OS. The van der Waals surface area contributed by atoms with Gasteiger partial charge in [-0.15, -0.1) is 0 Å². The molecule has 5 heteroatoms. The molecule has 0 amide bonds. The summed E-state index contributed by atoms with van der Waals surface area (Å²) in [7, 11) is 0. The van der Waals surface area contributed by atoms with Gasteiger partial charge in [0, 0.05) is 23.3 Å². The second-order valence-electron chi connectivity index (χ2n) is 3.69. The topological polar surface area (TPSA) is 45.9 Å². The second-order valence-corrected chi connectivity index (χ2v) is 5.13. The van der Waals surface area contributed by atoms with E-state index in [4.69, 9.17) is 17.0 Å². The zero-order chi connectivity index (χ0) is 12.6. The first-order valence-corrected chi connectivity index (χ1v) is 6.24. The molecule has 1 aromatic carbocycles. The lowest BCUT2D eigenvalue weighted by atomic mass is 10.2. The van der Waals surface area contributed by atoms with Crippen molar-refractivity contribution in [2.75, 3.05) is 0 Å². The van der Waals surface area contributed by atoms with Crippen LogP contribution in [-0.2, 0) is 0 Å². The van der Waals surface area contributed by atoms with Crippen LogP contribution in [0.2, 0.25) is 5.02 Å². The van der Waals surface area contributed by atoms with Crippen LogP contribution in [0, 0.1) is 12.3 Å². The van der Waals surface area contributed by atoms with Crippen LogP contribution in [0.25, 0.3) is 5.69 Å². The van der Waals surface area contributed by atoms with Gasteiger partial charge in [0.15, 0.2) is 10.6 Å². The maximum atomic E-state index is 11.4. The maximum Gasteiger partial charge on any atom is 0.187 e. The number of benzene rings is 1. The fraction of sp³-hybridized carbons (Fsp3) is 0.167. The molecule has 3 nitrogen and oxygen atoms in total. The van der Waals surface area contributed by atoms with Crippen molar-refractivity contribution in [1.82, 2.24) is 4.57 Å². The van der Waals surface area contributed by atoms with E-state index < -0.39 is 0 Å². The van der Waals surface area contributed by atoms with Crippen LogP contribution in [0.15, 0.2) is 24.3 Å². The number of aromatic nitrogens is 1. The first kappa shape index (κ1) is 12.1. The highest BCUT2D eigenvalue weighted by Crippen LogP contribution is 2.18. The molecule has 0 aliphatic rings. The Hall–Kier alpha value is -1.39.